The quantitative estimate of drug-likeness (QED) is 0.473. The zero-order valence-corrected chi connectivity index (χ0v) is 16.4. The van der Waals surface area contributed by atoms with Gasteiger partial charge in [-0.1, -0.05) is 53.0 Å². The lowest BCUT2D eigenvalue weighted by molar-refractivity contribution is 0.969. The number of aryl methyl sites for hydroxylation is 2. The number of nitrogens with zero attached hydrogens (tertiary/aromatic N) is 4. The molecule has 7 heteroatoms. The average Bonchev–Trinajstić information content (AvgIpc) is 2.97. The van der Waals surface area contributed by atoms with Gasteiger partial charge in [0.25, 0.3) is 0 Å². The van der Waals surface area contributed by atoms with E-state index in [4.69, 9.17) is 28.2 Å². The molecule has 1 N–H and O–H groups in total. The average molecular weight is 398 g/mol. The molecule has 0 fully saturated rings. The Balaban J connectivity index is 1.78. The van der Waals surface area contributed by atoms with Crippen LogP contribution < -0.4 is 5.32 Å². The van der Waals surface area contributed by atoms with Crippen molar-refractivity contribution in [2.24, 2.45) is 0 Å². The third kappa shape index (κ3) is 3.75. The topological polar surface area (TPSA) is 55.1 Å². The van der Waals surface area contributed by atoms with E-state index in [0.717, 1.165) is 28.3 Å². The number of rotatable bonds is 4. The van der Waals surface area contributed by atoms with Gasteiger partial charge in [-0.25, -0.2) is 15.0 Å². The number of imidazole rings is 1. The van der Waals surface area contributed by atoms with Crippen molar-refractivity contribution in [2.75, 3.05) is 5.32 Å². The Morgan fingerprint density at radius 1 is 0.963 bits per heavy atom. The second-order valence-corrected chi connectivity index (χ2v) is 7.18. The van der Waals surface area contributed by atoms with Gasteiger partial charge in [-0.05, 0) is 32.0 Å². The third-order valence-electron chi connectivity index (χ3n) is 4.24. The lowest BCUT2D eigenvalue weighted by atomic mass is 10.1. The summed E-state index contributed by atoms with van der Waals surface area (Å²) in [5, 5.41) is 4.30. The summed E-state index contributed by atoms with van der Waals surface area (Å²) in [5.41, 5.74) is 5.74. The number of nitrogens with one attached hydrogen (secondary N) is 1. The molecule has 3 aromatic heterocycles. The van der Waals surface area contributed by atoms with E-state index < -0.39 is 0 Å². The van der Waals surface area contributed by atoms with E-state index >= 15 is 0 Å². The number of pyridine rings is 1. The van der Waals surface area contributed by atoms with Crippen LogP contribution in [0, 0.1) is 13.8 Å². The molecule has 0 spiro atoms. The highest BCUT2D eigenvalue weighted by Crippen LogP contribution is 2.27. The summed E-state index contributed by atoms with van der Waals surface area (Å²) in [7, 11) is 0. The van der Waals surface area contributed by atoms with Gasteiger partial charge < -0.3 is 9.72 Å². The van der Waals surface area contributed by atoms with E-state index in [0.29, 0.717) is 22.7 Å². The standard InChI is InChI=1S/C20H17Cl2N5/c1-12-3-5-14(6-4-12)19-16(27-11-15(21)7-8-18(27)26-19)10-23-20-24-13(2)9-17(22)25-20/h3-9,11H,10H2,1-2H3,(H,23,24,25). The van der Waals surface area contributed by atoms with Crippen molar-refractivity contribution >= 4 is 34.8 Å². The molecular formula is C20H17Cl2N5. The molecule has 0 radical (unpaired) electrons. The largest absolute Gasteiger partial charge is 0.348 e. The summed E-state index contributed by atoms with van der Waals surface area (Å²) in [6, 6.07) is 13.8. The van der Waals surface area contributed by atoms with Crippen LogP contribution in [0.1, 0.15) is 17.0 Å². The molecule has 5 nitrogen and oxygen atoms in total. The van der Waals surface area contributed by atoms with Crippen LogP contribution in [0.4, 0.5) is 5.95 Å². The first-order valence-corrected chi connectivity index (χ1v) is 9.24. The van der Waals surface area contributed by atoms with Gasteiger partial charge in [0.05, 0.1) is 23.0 Å². The molecule has 0 atom stereocenters. The van der Waals surface area contributed by atoms with Crippen molar-refractivity contribution < 1.29 is 0 Å². The molecule has 4 aromatic rings. The molecule has 4 rings (SSSR count). The summed E-state index contributed by atoms with van der Waals surface area (Å²) in [6.45, 7) is 4.42. The van der Waals surface area contributed by atoms with Crippen LogP contribution in [0.2, 0.25) is 10.2 Å². The first-order chi connectivity index (χ1) is 13.0. The summed E-state index contributed by atoms with van der Waals surface area (Å²) in [4.78, 5) is 13.4. The smallest absolute Gasteiger partial charge is 0.224 e. The predicted octanol–water partition coefficient (Wildman–Crippen LogP) is 5.33. The SMILES string of the molecule is Cc1ccc(-c2nc3ccc(Cl)cn3c2CNc2nc(C)cc(Cl)n2)cc1. The molecule has 0 bridgehead atoms. The fraction of sp³-hybridized carbons (Fsp3) is 0.150. The van der Waals surface area contributed by atoms with Crippen molar-refractivity contribution in [3.63, 3.8) is 0 Å². The van der Waals surface area contributed by atoms with Gasteiger partial charge in [0, 0.05) is 17.5 Å². The van der Waals surface area contributed by atoms with E-state index in [2.05, 4.69) is 46.5 Å². The number of halogens is 2. The number of hydrogen-bond donors (Lipinski definition) is 1. The van der Waals surface area contributed by atoms with Crippen molar-refractivity contribution in [3.8, 4) is 11.3 Å². The molecule has 136 valence electrons. The Hall–Kier alpha value is -2.63. The molecule has 1 aromatic carbocycles. The minimum atomic E-state index is 0.407. The number of benzene rings is 1. The Morgan fingerprint density at radius 3 is 2.48 bits per heavy atom. The molecule has 0 saturated carbocycles. The van der Waals surface area contributed by atoms with Crippen LogP contribution in [0.5, 0.6) is 0 Å². The molecule has 0 aliphatic carbocycles. The highest BCUT2D eigenvalue weighted by atomic mass is 35.5. The zero-order chi connectivity index (χ0) is 19.0. The second-order valence-electron chi connectivity index (χ2n) is 6.36. The zero-order valence-electron chi connectivity index (χ0n) is 14.9. The van der Waals surface area contributed by atoms with Gasteiger partial charge in [-0.3, -0.25) is 0 Å². The van der Waals surface area contributed by atoms with E-state index in [-0.39, 0.29) is 0 Å². The minimum Gasteiger partial charge on any atom is -0.348 e. The third-order valence-corrected chi connectivity index (χ3v) is 4.66. The van der Waals surface area contributed by atoms with Crippen LogP contribution >= 0.6 is 23.2 Å². The van der Waals surface area contributed by atoms with Crippen LogP contribution in [-0.4, -0.2) is 19.4 Å². The van der Waals surface area contributed by atoms with Gasteiger partial charge in [-0.2, -0.15) is 0 Å². The Bertz CT molecular complexity index is 1100. The maximum absolute atomic E-state index is 6.21. The van der Waals surface area contributed by atoms with Crippen molar-refractivity contribution in [1.82, 2.24) is 19.4 Å². The normalized spacial score (nSPS) is 11.1. The lowest BCUT2D eigenvalue weighted by Gasteiger charge is -2.09. The monoisotopic (exact) mass is 397 g/mol. The number of aromatic nitrogens is 4. The molecule has 0 aliphatic heterocycles. The predicted molar refractivity (Wildman–Crippen MR) is 109 cm³/mol. The van der Waals surface area contributed by atoms with E-state index in [1.807, 2.05) is 29.7 Å². The molecule has 0 amide bonds. The first-order valence-electron chi connectivity index (χ1n) is 8.48. The van der Waals surface area contributed by atoms with Crippen LogP contribution in [0.25, 0.3) is 16.9 Å². The van der Waals surface area contributed by atoms with Gasteiger partial charge >= 0.3 is 0 Å². The van der Waals surface area contributed by atoms with Gasteiger partial charge in [0.1, 0.15) is 10.8 Å². The molecule has 27 heavy (non-hydrogen) atoms. The maximum atomic E-state index is 6.21. The van der Waals surface area contributed by atoms with Gasteiger partial charge in [0.15, 0.2) is 0 Å². The molecule has 0 aliphatic rings. The summed E-state index contributed by atoms with van der Waals surface area (Å²) < 4.78 is 1.99. The molecule has 3 heterocycles. The Morgan fingerprint density at radius 2 is 1.74 bits per heavy atom. The summed E-state index contributed by atoms with van der Waals surface area (Å²) in [5.74, 6) is 0.479. The Labute approximate surface area is 167 Å². The first kappa shape index (κ1) is 17.8. The highest BCUT2D eigenvalue weighted by molar-refractivity contribution is 6.30. The number of fused-ring (bicyclic) bond motifs is 1. The minimum absolute atomic E-state index is 0.407. The van der Waals surface area contributed by atoms with Crippen molar-refractivity contribution in [1.29, 1.82) is 0 Å². The van der Waals surface area contributed by atoms with Crippen molar-refractivity contribution in [3.05, 3.63) is 75.8 Å². The van der Waals surface area contributed by atoms with Crippen LogP contribution in [0.3, 0.4) is 0 Å². The number of hydrogen-bond acceptors (Lipinski definition) is 4. The van der Waals surface area contributed by atoms with Gasteiger partial charge in [-0.15, -0.1) is 0 Å². The summed E-state index contributed by atoms with van der Waals surface area (Å²) in [6.07, 6.45) is 1.86. The maximum Gasteiger partial charge on any atom is 0.224 e. The van der Waals surface area contributed by atoms with E-state index in [1.165, 1.54) is 5.56 Å². The highest BCUT2D eigenvalue weighted by Gasteiger charge is 2.15. The van der Waals surface area contributed by atoms with E-state index in [1.54, 1.807) is 6.07 Å². The van der Waals surface area contributed by atoms with Gasteiger partial charge in [0.2, 0.25) is 5.95 Å². The molecular weight excluding hydrogens is 381 g/mol. The van der Waals surface area contributed by atoms with Crippen LogP contribution in [-0.2, 0) is 6.54 Å². The second kappa shape index (κ2) is 7.18. The lowest BCUT2D eigenvalue weighted by Crippen LogP contribution is -2.07. The Kier molecular flexibility index (Phi) is 4.72. The fourth-order valence-corrected chi connectivity index (χ4v) is 3.35. The van der Waals surface area contributed by atoms with E-state index in [9.17, 15) is 0 Å². The molecule has 0 unspecified atom stereocenters. The summed E-state index contributed by atoms with van der Waals surface area (Å²) >= 11 is 12.3. The fourth-order valence-electron chi connectivity index (χ4n) is 2.95. The number of anilines is 1. The van der Waals surface area contributed by atoms with Crippen molar-refractivity contribution in [2.45, 2.75) is 20.4 Å². The van der Waals surface area contributed by atoms with Crippen LogP contribution in [0.15, 0.2) is 48.7 Å². The molecule has 0 saturated heterocycles.